The highest BCUT2D eigenvalue weighted by molar-refractivity contribution is 7.12. The Balaban J connectivity index is 1.75. The lowest BCUT2D eigenvalue weighted by atomic mass is 9.91. The second kappa shape index (κ2) is 6.88. The molecule has 0 fully saturated rings. The van der Waals surface area contributed by atoms with Crippen molar-refractivity contribution in [1.82, 2.24) is 10.1 Å². The van der Waals surface area contributed by atoms with E-state index in [1.807, 2.05) is 0 Å². The summed E-state index contributed by atoms with van der Waals surface area (Å²) in [6.45, 7) is 1.66. The Morgan fingerprint density at radius 2 is 2.00 bits per heavy atom. The second-order valence-electron chi connectivity index (χ2n) is 7.20. The van der Waals surface area contributed by atoms with Crippen LogP contribution < -0.4 is 0 Å². The lowest BCUT2D eigenvalue weighted by Crippen LogP contribution is -2.24. The Kier molecular flexibility index (Phi) is 4.65. The summed E-state index contributed by atoms with van der Waals surface area (Å²) in [6, 6.07) is 0. The molecule has 2 aliphatic carbocycles. The van der Waals surface area contributed by atoms with Gasteiger partial charge in [-0.15, -0.1) is 11.3 Å². The molecular formula is C19H18F2N2O4S. The van der Waals surface area contributed by atoms with Crippen LogP contribution in [0.25, 0.3) is 11.5 Å². The van der Waals surface area contributed by atoms with Gasteiger partial charge in [0.15, 0.2) is 11.6 Å². The number of hydrogen-bond donors (Lipinski definition) is 1. The van der Waals surface area contributed by atoms with Gasteiger partial charge < -0.3 is 9.63 Å². The topological polar surface area (TPSA) is 93.3 Å². The Morgan fingerprint density at radius 1 is 1.25 bits per heavy atom. The summed E-state index contributed by atoms with van der Waals surface area (Å²) in [6.07, 6.45) is 0.922. The number of nitrogens with zero attached hydrogens (tertiary/aromatic N) is 2. The van der Waals surface area contributed by atoms with Crippen LogP contribution in [0.3, 0.4) is 0 Å². The van der Waals surface area contributed by atoms with Crippen molar-refractivity contribution in [3.63, 3.8) is 0 Å². The van der Waals surface area contributed by atoms with Crippen molar-refractivity contribution < 1.29 is 28.0 Å². The minimum Gasteiger partial charge on any atom is -0.478 e. The van der Waals surface area contributed by atoms with Crippen LogP contribution in [0, 0.1) is 6.92 Å². The summed E-state index contributed by atoms with van der Waals surface area (Å²) in [4.78, 5) is 29.5. The zero-order chi connectivity index (χ0) is 20.1. The molecule has 28 heavy (non-hydrogen) atoms. The number of ketones is 1. The predicted molar refractivity (Wildman–Crippen MR) is 96.5 cm³/mol. The third-order valence-electron chi connectivity index (χ3n) is 5.20. The number of allylic oxidation sites excluding steroid dienone is 1. The number of aryl methyl sites for hydroxylation is 1. The van der Waals surface area contributed by atoms with E-state index in [-0.39, 0.29) is 42.9 Å². The summed E-state index contributed by atoms with van der Waals surface area (Å²) >= 11 is 1.17. The van der Waals surface area contributed by atoms with Gasteiger partial charge in [-0.3, -0.25) is 4.79 Å². The normalized spacial score (nSPS) is 18.4. The first kappa shape index (κ1) is 18.9. The van der Waals surface area contributed by atoms with E-state index in [0.717, 1.165) is 5.56 Å². The van der Waals surface area contributed by atoms with Crippen molar-refractivity contribution in [1.29, 1.82) is 0 Å². The molecule has 9 heteroatoms. The summed E-state index contributed by atoms with van der Waals surface area (Å²) in [5.41, 5.74) is 1.80. The number of carboxylic acids is 1. The molecule has 1 N–H and O–H groups in total. The van der Waals surface area contributed by atoms with Crippen molar-refractivity contribution in [2.24, 2.45) is 0 Å². The van der Waals surface area contributed by atoms with Crippen LogP contribution in [0.2, 0.25) is 0 Å². The van der Waals surface area contributed by atoms with Crippen LogP contribution in [0.4, 0.5) is 8.78 Å². The highest BCUT2D eigenvalue weighted by atomic mass is 32.1. The zero-order valence-corrected chi connectivity index (χ0v) is 16.0. The number of rotatable bonds is 5. The fourth-order valence-corrected chi connectivity index (χ4v) is 5.34. The molecule has 0 aliphatic heterocycles. The number of aliphatic carboxylic acids is 1. The van der Waals surface area contributed by atoms with Gasteiger partial charge in [0.2, 0.25) is 0 Å². The van der Waals surface area contributed by atoms with Crippen LogP contribution in [-0.4, -0.2) is 32.9 Å². The van der Waals surface area contributed by atoms with Crippen LogP contribution in [0.1, 0.15) is 46.8 Å². The van der Waals surface area contributed by atoms with E-state index >= 15 is 0 Å². The maximum Gasteiger partial charge on any atom is 0.331 e. The molecule has 0 amide bonds. The van der Waals surface area contributed by atoms with E-state index in [0.29, 0.717) is 46.0 Å². The summed E-state index contributed by atoms with van der Waals surface area (Å²) in [7, 11) is 0. The number of Topliss-reactive ketones (excluding diaryl/α,β-unsaturated/α-hetero) is 1. The van der Waals surface area contributed by atoms with E-state index in [4.69, 9.17) is 4.52 Å². The molecule has 4 rings (SSSR count). The number of thiophene rings is 1. The molecule has 2 aromatic heterocycles. The molecule has 6 nitrogen and oxygen atoms in total. The van der Waals surface area contributed by atoms with E-state index in [1.165, 1.54) is 11.3 Å². The molecule has 0 unspecified atom stereocenters. The lowest BCUT2D eigenvalue weighted by Gasteiger charge is -2.21. The molecule has 2 aromatic rings. The predicted octanol–water partition coefficient (Wildman–Crippen LogP) is 3.91. The monoisotopic (exact) mass is 408 g/mol. The number of carbonyl (C=O) groups is 2. The minimum absolute atomic E-state index is 0.0495. The van der Waals surface area contributed by atoms with Gasteiger partial charge in [-0.1, -0.05) is 5.16 Å². The molecule has 148 valence electrons. The number of hydrogen-bond acceptors (Lipinski definition) is 6. The van der Waals surface area contributed by atoms with Gasteiger partial charge in [-0.25, -0.2) is 13.6 Å². The van der Waals surface area contributed by atoms with Crippen molar-refractivity contribution in [2.45, 2.75) is 57.8 Å². The lowest BCUT2D eigenvalue weighted by molar-refractivity contribution is -0.133. The molecular weight excluding hydrogens is 390 g/mol. The van der Waals surface area contributed by atoms with Crippen LogP contribution >= 0.6 is 11.3 Å². The summed E-state index contributed by atoms with van der Waals surface area (Å²) < 4.78 is 33.1. The van der Waals surface area contributed by atoms with Crippen LogP contribution in [0.5, 0.6) is 0 Å². The summed E-state index contributed by atoms with van der Waals surface area (Å²) in [5.74, 6) is -3.48. The van der Waals surface area contributed by atoms with E-state index < -0.39 is 11.9 Å². The maximum atomic E-state index is 13.9. The third-order valence-corrected chi connectivity index (χ3v) is 6.43. The molecule has 0 radical (unpaired) electrons. The Morgan fingerprint density at radius 3 is 2.68 bits per heavy atom. The molecule has 0 aromatic carbocycles. The van der Waals surface area contributed by atoms with Gasteiger partial charge in [-0.2, -0.15) is 4.98 Å². The Labute approximate surface area is 163 Å². The average Bonchev–Trinajstić information content (AvgIpc) is 3.31. The maximum absolute atomic E-state index is 13.9. The van der Waals surface area contributed by atoms with Gasteiger partial charge in [0.1, 0.15) is 0 Å². The number of carboxylic acid groups (broad SMARTS) is 1. The molecule has 0 saturated heterocycles. The van der Waals surface area contributed by atoms with E-state index in [1.54, 1.807) is 6.92 Å². The molecule has 0 spiro atoms. The standard InChI is InChI=1S/C19H18F2N2O4S/c1-9-22-17(27-23-9)16-12-5-6-19(20,21)8-15(12)28-14(16)7-13(24)10-3-2-4-11(10)18(25)26/h2-8H2,1H3,(H,25,26). The van der Waals surface area contributed by atoms with E-state index in [9.17, 15) is 23.5 Å². The van der Waals surface area contributed by atoms with Crippen LogP contribution in [-0.2, 0) is 28.9 Å². The highest BCUT2D eigenvalue weighted by Crippen LogP contribution is 2.44. The average molecular weight is 408 g/mol. The van der Waals surface area contributed by atoms with Gasteiger partial charge >= 0.3 is 5.97 Å². The number of halogens is 2. The number of carbonyl (C=O) groups excluding carboxylic acids is 1. The smallest absolute Gasteiger partial charge is 0.331 e. The summed E-state index contributed by atoms with van der Waals surface area (Å²) in [5, 5.41) is 13.1. The Hall–Kier alpha value is -2.42. The molecule has 0 saturated carbocycles. The van der Waals surface area contributed by atoms with Crippen LogP contribution in [0.15, 0.2) is 15.7 Å². The van der Waals surface area contributed by atoms with Crippen molar-refractivity contribution >= 4 is 23.1 Å². The van der Waals surface area contributed by atoms with Crippen molar-refractivity contribution in [2.75, 3.05) is 0 Å². The first-order chi connectivity index (χ1) is 13.2. The zero-order valence-electron chi connectivity index (χ0n) is 15.2. The van der Waals surface area contributed by atoms with Gasteiger partial charge in [0, 0.05) is 40.2 Å². The molecule has 0 bridgehead atoms. The SMILES string of the molecule is Cc1noc(-c2c(CC(=O)C3=C(C(=O)O)CCC3)sc3c2CCC(F)(F)C3)n1. The molecule has 2 aliphatic rings. The van der Waals surface area contributed by atoms with Crippen molar-refractivity contribution in [3.8, 4) is 11.5 Å². The fraction of sp³-hybridized carbons (Fsp3) is 0.474. The number of alkyl halides is 2. The first-order valence-electron chi connectivity index (χ1n) is 9.05. The molecule has 0 atom stereocenters. The molecule has 2 heterocycles. The van der Waals surface area contributed by atoms with Crippen molar-refractivity contribution in [3.05, 3.63) is 32.3 Å². The third kappa shape index (κ3) is 3.39. The largest absolute Gasteiger partial charge is 0.478 e. The fourth-order valence-electron chi connectivity index (χ4n) is 3.92. The number of fused-ring (bicyclic) bond motifs is 1. The van der Waals surface area contributed by atoms with E-state index in [2.05, 4.69) is 10.1 Å². The second-order valence-corrected chi connectivity index (χ2v) is 8.39. The minimum atomic E-state index is -2.77. The van der Waals surface area contributed by atoms with Gasteiger partial charge in [0.25, 0.3) is 11.8 Å². The Bertz CT molecular complexity index is 1010. The van der Waals surface area contributed by atoms with Gasteiger partial charge in [-0.05, 0) is 38.2 Å². The number of aromatic nitrogens is 2. The quantitative estimate of drug-likeness (QED) is 0.806. The highest BCUT2D eigenvalue weighted by Gasteiger charge is 2.38. The first-order valence-corrected chi connectivity index (χ1v) is 9.87. The van der Waals surface area contributed by atoms with Gasteiger partial charge in [0.05, 0.1) is 5.56 Å².